The van der Waals surface area contributed by atoms with Gasteiger partial charge in [-0.1, -0.05) is 19.9 Å². The number of rotatable bonds is 7. The molecule has 146 valence electrons. The molecule has 2 aromatic rings. The highest BCUT2D eigenvalue weighted by molar-refractivity contribution is 5.84. The maximum absolute atomic E-state index is 14.5. The zero-order chi connectivity index (χ0) is 20.0. The SMILES string of the molecule is COC(=O)Nc1cc(-c2ccc(OCC(C)(N)CC(C)C)c(F)c2)ccn1. The summed E-state index contributed by atoms with van der Waals surface area (Å²) in [4.78, 5) is 15.3. The average molecular weight is 375 g/mol. The van der Waals surface area contributed by atoms with Crippen molar-refractivity contribution in [2.24, 2.45) is 11.7 Å². The standard InChI is InChI=1S/C20H26FN3O3/c1-13(2)11-20(3,22)12-27-17-6-5-14(9-16(17)21)15-7-8-23-18(10-15)24-19(25)26-4/h5-10,13H,11-12,22H2,1-4H3,(H,23,24,25). The van der Waals surface area contributed by atoms with Gasteiger partial charge in [-0.3, -0.25) is 5.32 Å². The van der Waals surface area contributed by atoms with Crippen molar-refractivity contribution in [1.82, 2.24) is 4.98 Å². The fourth-order valence-corrected chi connectivity index (χ4v) is 2.87. The molecule has 0 radical (unpaired) electrons. The van der Waals surface area contributed by atoms with E-state index in [1.54, 1.807) is 24.3 Å². The van der Waals surface area contributed by atoms with E-state index in [0.717, 1.165) is 6.42 Å². The molecule has 3 N–H and O–H groups in total. The number of nitrogens with one attached hydrogen (secondary N) is 1. The van der Waals surface area contributed by atoms with Gasteiger partial charge in [0.15, 0.2) is 11.6 Å². The summed E-state index contributed by atoms with van der Waals surface area (Å²) >= 11 is 0. The molecule has 6 nitrogen and oxygen atoms in total. The number of pyridine rings is 1. The summed E-state index contributed by atoms with van der Waals surface area (Å²) in [7, 11) is 1.26. The molecule has 0 aliphatic carbocycles. The van der Waals surface area contributed by atoms with Gasteiger partial charge in [-0.25, -0.2) is 14.2 Å². The highest BCUT2D eigenvalue weighted by atomic mass is 19.1. The molecule has 1 aromatic carbocycles. The van der Waals surface area contributed by atoms with Gasteiger partial charge in [-0.2, -0.15) is 0 Å². The Bertz CT molecular complexity index is 794. The second kappa shape index (κ2) is 8.81. The summed E-state index contributed by atoms with van der Waals surface area (Å²) in [5.74, 6) is 0.413. The maximum atomic E-state index is 14.5. The van der Waals surface area contributed by atoms with Crippen LogP contribution in [-0.2, 0) is 4.74 Å². The number of nitrogens with zero attached hydrogens (tertiary/aromatic N) is 1. The summed E-state index contributed by atoms with van der Waals surface area (Å²) in [5, 5.41) is 2.48. The molecular weight excluding hydrogens is 349 g/mol. The number of benzene rings is 1. The Morgan fingerprint density at radius 3 is 2.63 bits per heavy atom. The lowest BCUT2D eigenvalue weighted by Gasteiger charge is -2.26. The van der Waals surface area contributed by atoms with E-state index in [9.17, 15) is 9.18 Å². The Morgan fingerprint density at radius 2 is 2.00 bits per heavy atom. The van der Waals surface area contributed by atoms with Crippen molar-refractivity contribution in [1.29, 1.82) is 0 Å². The van der Waals surface area contributed by atoms with Crippen LogP contribution in [0, 0.1) is 11.7 Å². The summed E-state index contributed by atoms with van der Waals surface area (Å²) in [5.41, 5.74) is 7.01. The minimum absolute atomic E-state index is 0.154. The van der Waals surface area contributed by atoms with Crippen LogP contribution in [0.3, 0.4) is 0 Å². The van der Waals surface area contributed by atoms with E-state index in [1.807, 2.05) is 6.92 Å². The molecule has 2 rings (SSSR count). The van der Waals surface area contributed by atoms with E-state index in [0.29, 0.717) is 22.9 Å². The lowest BCUT2D eigenvalue weighted by Crippen LogP contribution is -2.43. The first-order chi connectivity index (χ1) is 12.7. The number of halogens is 1. The first kappa shape index (κ1) is 20.6. The van der Waals surface area contributed by atoms with E-state index < -0.39 is 17.4 Å². The van der Waals surface area contributed by atoms with Crippen molar-refractivity contribution in [3.8, 4) is 16.9 Å². The van der Waals surface area contributed by atoms with E-state index >= 15 is 0 Å². The molecule has 0 saturated carbocycles. The Morgan fingerprint density at radius 1 is 1.30 bits per heavy atom. The van der Waals surface area contributed by atoms with Gasteiger partial charge >= 0.3 is 6.09 Å². The van der Waals surface area contributed by atoms with Crippen LogP contribution in [0.2, 0.25) is 0 Å². The molecule has 0 spiro atoms. The van der Waals surface area contributed by atoms with E-state index in [2.05, 4.69) is 28.9 Å². The molecule has 0 aliphatic heterocycles. The number of aromatic nitrogens is 1. The predicted octanol–water partition coefficient (Wildman–Crippen LogP) is 4.21. The Balaban J connectivity index is 2.12. The summed E-state index contributed by atoms with van der Waals surface area (Å²) in [6, 6.07) is 8.04. The Labute approximate surface area is 158 Å². The lowest BCUT2D eigenvalue weighted by molar-refractivity contribution is 0.187. The Kier molecular flexibility index (Phi) is 6.74. The molecule has 0 bridgehead atoms. The number of hydrogen-bond acceptors (Lipinski definition) is 5. The smallest absolute Gasteiger partial charge is 0.412 e. The number of anilines is 1. The van der Waals surface area contributed by atoms with E-state index in [-0.39, 0.29) is 12.4 Å². The second-order valence-corrected chi connectivity index (χ2v) is 7.23. The van der Waals surface area contributed by atoms with Crippen LogP contribution < -0.4 is 15.8 Å². The third-order valence-electron chi connectivity index (χ3n) is 3.87. The van der Waals surface area contributed by atoms with Crippen LogP contribution in [0.25, 0.3) is 11.1 Å². The molecule has 27 heavy (non-hydrogen) atoms. The summed E-state index contributed by atoms with van der Waals surface area (Å²) < 4.78 is 24.6. The van der Waals surface area contributed by atoms with Crippen LogP contribution in [0.15, 0.2) is 36.5 Å². The molecule has 1 aromatic heterocycles. The van der Waals surface area contributed by atoms with Crippen molar-refractivity contribution in [3.05, 3.63) is 42.3 Å². The predicted molar refractivity (Wildman–Crippen MR) is 103 cm³/mol. The number of methoxy groups -OCH3 is 1. The van der Waals surface area contributed by atoms with Gasteiger partial charge in [0.25, 0.3) is 0 Å². The van der Waals surface area contributed by atoms with Crippen molar-refractivity contribution in [3.63, 3.8) is 0 Å². The molecule has 7 heteroatoms. The van der Waals surface area contributed by atoms with E-state index in [1.165, 1.54) is 19.4 Å². The van der Waals surface area contributed by atoms with Gasteiger partial charge in [0, 0.05) is 11.7 Å². The number of carbonyl (C=O) groups is 1. The Hall–Kier alpha value is -2.67. The normalized spacial score (nSPS) is 13.1. The van der Waals surface area contributed by atoms with Crippen LogP contribution in [0.4, 0.5) is 15.0 Å². The van der Waals surface area contributed by atoms with Crippen molar-refractivity contribution >= 4 is 11.9 Å². The fraction of sp³-hybridized carbons (Fsp3) is 0.400. The number of nitrogens with two attached hydrogens (primary N) is 1. The second-order valence-electron chi connectivity index (χ2n) is 7.23. The van der Waals surface area contributed by atoms with Crippen LogP contribution in [-0.4, -0.2) is 30.3 Å². The molecule has 1 amide bonds. The third kappa shape index (κ3) is 6.21. The quantitative estimate of drug-likeness (QED) is 0.757. The van der Waals surface area contributed by atoms with Gasteiger partial charge < -0.3 is 15.2 Å². The lowest BCUT2D eigenvalue weighted by atomic mass is 9.93. The molecule has 1 atom stereocenters. The van der Waals surface area contributed by atoms with Crippen LogP contribution >= 0.6 is 0 Å². The monoisotopic (exact) mass is 375 g/mol. The topological polar surface area (TPSA) is 86.5 Å². The largest absolute Gasteiger partial charge is 0.489 e. The van der Waals surface area contributed by atoms with E-state index in [4.69, 9.17) is 10.5 Å². The van der Waals surface area contributed by atoms with Crippen LogP contribution in [0.1, 0.15) is 27.2 Å². The number of amides is 1. The van der Waals surface area contributed by atoms with Gasteiger partial charge in [0.1, 0.15) is 12.4 Å². The first-order valence-corrected chi connectivity index (χ1v) is 8.73. The average Bonchev–Trinajstić information content (AvgIpc) is 2.59. The first-order valence-electron chi connectivity index (χ1n) is 8.73. The molecular formula is C20H26FN3O3. The van der Waals surface area contributed by atoms with Crippen molar-refractivity contribution in [2.75, 3.05) is 19.0 Å². The fourth-order valence-electron chi connectivity index (χ4n) is 2.87. The van der Waals surface area contributed by atoms with Crippen molar-refractivity contribution in [2.45, 2.75) is 32.7 Å². The minimum Gasteiger partial charge on any atom is -0.489 e. The summed E-state index contributed by atoms with van der Waals surface area (Å²) in [6.07, 6.45) is 1.68. The maximum Gasteiger partial charge on any atom is 0.412 e. The number of ether oxygens (including phenoxy) is 2. The van der Waals surface area contributed by atoms with Gasteiger partial charge in [0.05, 0.1) is 7.11 Å². The highest BCUT2D eigenvalue weighted by Crippen LogP contribution is 2.27. The van der Waals surface area contributed by atoms with Gasteiger partial charge in [-0.05, 0) is 54.7 Å². The van der Waals surface area contributed by atoms with Crippen molar-refractivity contribution < 1.29 is 18.7 Å². The zero-order valence-corrected chi connectivity index (χ0v) is 16.1. The zero-order valence-electron chi connectivity index (χ0n) is 16.1. The molecule has 1 unspecified atom stereocenters. The highest BCUT2D eigenvalue weighted by Gasteiger charge is 2.21. The van der Waals surface area contributed by atoms with Gasteiger partial charge in [0.2, 0.25) is 0 Å². The molecule has 0 fully saturated rings. The van der Waals surface area contributed by atoms with Gasteiger partial charge in [-0.15, -0.1) is 0 Å². The minimum atomic E-state index is -0.624. The summed E-state index contributed by atoms with van der Waals surface area (Å²) in [6.45, 7) is 6.28. The number of hydrogen-bond donors (Lipinski definition) is 2. The number of carbonyl (C=O) groups excluding carboxylic acids is 1. The third-order valence-corrected chi connectivity index (χ3v) is 3.87. The molecule has 1 heterocycles. The molecule has 0 saturated heterocycles. The molecule has 0 aliphatic rings. The van der Waals surface area contributed by atoms with Crippen LogP contribution in [0.5, 0.6) is 5.75 Å².